The molecule has 19 heavy (non-hydrogen) atoms. The van der Waals surface area contributed by atoms with Crippen molar-refractivity contribution in [2.75, 3.05) is 0 Å². The molecule has 0 aliphatic carbocycles. The monoisotopic (exact) mass is 332 g/mol. The summed E-state index contributed by atoms with van der Waals surface area (Å²) >= 11 is 19.7. The lowest BCUT2D eigenvalue weighted by Crippen LogP contribution is -1.98. The fourth-order valence-electron chi connectivity index (χ4n) is 1.43. The Balaban J connectivity index is 2.42. The number of halogens is 3. The van der Waals surface area contributed by atoms with Crippen LogP contribution < -0.4 is 0 Å². The van der Waals surface area contributed by atoms with Crippen molar-refractivity contribution in [1.29, 1.82) is 0 Å². The molecule has 0 saturated heterocycles. The summed E-state index contributed by atoms with van der Waals surface area (Å²) in [5, 5.41) is 2.57. The topological polar surface area (TPSA) is 25.8 Å². The predicted molar refractivity (Wildman–Crippen MR) is 81.7 cm³/mol. The first-order chi connectivity index (χ1) is 9.01. The average Bonchev–Trinajstić information content (AvgIpc) is 2.38. The molecule has 1 heterocycles. The molecule has 2 aromatic rings. The molecule has 2 rings (SSSR count). The van der Waals surface area contributed by atoms with Crippen molar-refractivity contribution in [3.63, 3.8) is 0 Å². The Morgan fingerprint density at radius 1 is 1.16 bits per heavy atom. The number of rotatable bonds is 3. The molecule has 0 bridgehead atoms. The molecule has 100 valence electrons. The minimum atomic E-state index is 0.479. The van der Waals surface area contributed by atoms with Crippen molar-refractivity contribution in [3.05, 3.63) is 44.8 Å². The molecule has 1 aromatic carbocycles. The Morgan fingerprint density at radius 3 is 2.58 bits per heavy atom. The van der Waals surface area contributed by atoms with Crippen LogP contribution in [0.1, 0.15) is 18.3 Å². The van der Waals surface area contributed by atoms with Crippen LogP contribution in [0.2, 0.25) is 15.2 Å². The first-order valence-corrected chi connectivity index (χ1v) is 7.62. The highest BCUT2D eigenvalue weighted by Gasteiger charge is 2.12. The molecule has 2 nitrogen and oxygen atoms in total. The van der Waals surface area contributed by atoms with Gasteiger partial charge in [0.25, 0.3) is 0 Å². The van der Waals surface area contributed by atoms with Crippen molar-refractivity contribution >= 4 is 46.6 Å². The number of aromatic nitrogens is 2. The molecule has 6 heteroatoms. The van der Waals surface area contributed by atoms with E-state index in [0.29, 0.717) is 15.2 Å². The van der Waals surface area contributed by atoms with Crippen LogP contribution in [0.5, 0.6) is 0 Å². The van der Waals surface area contributed by atoms with Crippen molar-refractivity contribution in [1.82, 2.24) is 9.97 Å². The molecule has 0 fully saturated rings. The molecule has 0 aliphatic rings. The van der Waals surface area contributed by atoms with Crippen LogP contribution in [0.3, 0.4) is 0 Å². The summed E-state index contributed by atoms with van der Waals surface area (Å²) in [5.41, 5.74) is 0.847. The summed E-state index contributed by atoms with van der Waals surface area (Å²) in [6, 6.07) is 5.34. The first-order valence-electron chi connectivity index (χ1n) is 5.67. The highest BCUT2D eigenvalue weighted by Crippen LogP contribution is 2.36. The average molecular weight is 334 g/mol. The van der Waals surface area contributed by atoms with Gasteiger partial charge in [0.15, 0.2) is 0 Å². The predicted octanol–water partition coefficient (Wildman–Crippen LogP) is 5.46. The van der Waals surface area contributed by atoms with Crippen LogP contribution >= 0.6 is 46.6 Å². The number of benzene rings is 1. The highest BCUT2D eigenvalue weighted by atomic mass is 35.5. The maximum absolute atomic E-state index is 6.16. The van der Waals surface area contributed by atoms with Gasteiger partial charge < -0.3 is 0 Å². The van der Waals surface area contributed by atoms with Gasteiger partial charge in [0.1, 0.15) is 16.0 Å². The summed E-state index contributed by atoms with van der Waals surface area (Å²) in [4.78, 5) is 9.55. The third-order valence-electron chi connectivity index (χ3n) is 2.50. The van der Waals surface area contributed by atoms with Crippen molar-refractivity contribution in [2.24, 2.45) is 0 Å². The summed E-state index contributed by atoms with van der Waals surface area (Å²) < 4.78 is 0. The summed E-state index contributed by atoms with van der Waals surface area (Å²) in [6.45, 7) is 3.88. The van der Waals surface area contributed by atoms with E-state index in [9.17, 15) is 0 Å². The first kappa shape index (κ1) is 14.9. The molecule has 0 saturated carbocycles. The van der Waals surface area contributed by atoms with Crippen molar-refractivity contribution in [3.8, 4) is 0 Å². The SMILES string of the molecule is CCc1nc(Cl)c(C)c(Sc2cc(Cl)ccc2Cl)n1. The van der Waals surface area contributed by atoms with E-state index >= 15 is 0 Å². The Bertz CT molecular complexity index is 617. The Hall–Kier alpha value is -0.480. The van der Waals surface area contributed by atoms with E-state index < -0.39 is 0 Å². The van der Waals surface area contributed by atoms with Gasteiger partial charge >= 0.3 is 0 Å². The zero-order valence-corrected chi connectivity index (χ0v) is 13.5. The lowest BCUT2D eigenvalue weighted by Gasteiger charge is -2.09. The maximum atomic E-state index is 6.16. The van der Waals surface area contributed by atoms with E-state index in [1.54, 1.807) is 12.1 Å². The molecule has 1 aromatic heterocycles. The lowest BCUT2D eigenvalue weighted by atomic mass is 10.3. The zero-order valence-electron chi connectivity index (χ0n) is 10.4. The number of hydrogen-bond acceptors (Lipinski definition) is 3. The molecule has 0 spiro atoms. The molecule has 0 radical (unpaired) electrons. The quantitative estimate of drug-likeness (QED) is 0.698. The number of nitrogens with zero attached hydrogens (tertiary/aromatic N) is 2. The fraction of sp³-hybridized carbons (Fsp3) is 0.231. The molecule has 0 atom stereocenters. The van der Waals surface area contributed by atoms with E-state index in [1.807, 2.05) is 19.9 Å². The molecule has 0 aliphatic heterocycles. The van der Waals surface area contributed by atoms with Crippen LogP contribution in [0, 0.1) is 6.92 Å². The van der Waals surface area contributed by atoms with Crippen LogP contribution in [0.25, 0.3) is 0 Å². The Labute approximate surface area is 131 Å². The number of aryl methyl sites for hydroxylation is 1. The molecule has 0 amide bonds. The third kappa shape index (κ3) is 3.54. The van der Waals surface area contributed by atoms with Gasteiger partial charge in [-0.3, -0.25) is 0 Å². The maximum Gasteiger partial charge on any atom is 0.136 e. The van der Waals surface area contributed by atoms with E-state index in [1.165, 1.54) is 11.8 Å². The second kappa shape index (κ2) is 6.31. The minimum absolute atomic E-state index is 0.479. The van der Waals surface area contributed by atoms with Crippen LogP contribution in [-0.4, -0.2) is 9.97 Å². The van der Waals surface area contributed by atoms with E-state index in [0.717, 1.165) is 27.7 Å². The van der Waals surface area contributed by atoms with Gasteiger partial charge in [-0.25, -0.2) is 9.97 Å². The Morgan fingerprint density at radius 2 is 1.89 bits per heavy atom. The summed E-state index contributed by atoms with van der Waals surface area (Å²) in [7, 11) is 0. The number of hydrogen-bond donors (Lipinski definition) is 0. The second-order valence-electron chi connectivity index (χ2n) is 3.89. The fourth-order valence-corrected chi connectivity index (χ4v) is 3.10. The van der Waals surface area contributed by atoms with Crippen molar-refractivity contribution in [2.45, 2.75) is 30.2 Å². The van der Waals surface area contributed by atoms with Crippen LogP contribution in [0.4, 0.5) is 0 Å². The normalized spacial score (nSPS) is 10.8. The molecular weight excluding hydrogens is 323 g/mol. The van der Waals surface area contributed by atoms with Gasteiger partial charge in [-0.2, -0.15) is 0 Å². The van der Waals surface area contributed by atoms with Gasteiger partial charge in [0, 0.05) is 21.9 Å². The largest absolute Gasteiger partial charge is 0.226 e. The smallest absolute Gasteiger partial charge is 0.136 e. The van der Waals surface area contributed by atoms with Gasteiger partial charge in [-0.1, -0.05) is 53.5 Å². The van der Waals surface area contributed by atoms with Crippen molar-refractivity contribution < 1.29 is 0 Å². The van der Waals surface area contributed by atoms with Gasteiger partial charge in [0.05, 0.1) is 5.02 Å². The molecule has 0 N–H and O–H groups in total. The highest BCUT2D eigenvalue weighted by molar-refractivity contribution is 7.99. The van der Waals surface area contributed by atoms with Crippen LogP contribution in [0.15, 0.2) is 28.1 Å². The van der Waals surface area contributed by atoms with Gasteiger partial charge in [0.2, 0.25) is 0 Å². The summed E-state index contributed by atoms with van der Waals surface area (Å²) in [5.74, 6) is 0.719. The van der Waals surface area contributed by atoms with Gasteiger partial charge in [-0.15, -0.1) is 0 Å². The standard InChI is InChI=1S/C13H11Cl3N2S/c1-3-11-17-12(16)7(2)13(18-11)19-10-6-8(14)4-5-9(10)15/h4-6H,3H2,1-2H3. The van der Waals surface area contributed by atoms with E-state index in [4.69, 9.17) is 34.8 Å². The lowest BCUT2D eigenvalue weighted by molar-refractivity contribution is 0.872. The van der Waals surface area contributed by atoms with Crippen LogP contribution in [-0.2, 0) is 6.42 Å². The molecule has 0 unspecified atom stereocenters. The minimum Gasteiger partial charge on any atom is -0.226 e. The second-order valence-corrected chi connectivity index (χ2v) is 6.12. The molecular formula is C13H11Cl3N2S. The van der Waals surface area contributed by atoms with E-state index in [2.05, 4.69) is 9.97 Å². The third-order valence-corrected chi connectivity index (χ3v) is 4.70. The van der Waals surface area contributed by atoms with Gasteiger partial charge in [-0.05, 0) is 25.1 Å². The summed E-state index contributed by atoms with van der Waals surface area (Å²) in [6.07, 6.45) is 0.733. The van der Waals surface area contributed by atoms with E-state index in [-0.39, 0.29) is 0 Å². The zero-order chi connectivity index (χ0) is 14.0. The Kier molecular flexibility index (Phi) is 4.96.